The van der Waals surface area contributed by atoms with E-state index in [1.807, 2.05) is 24.3 Å². The van der Waals surface area contributed by atoms with E-state index in [1.165, 1.54) is 27.9 Å². The van der Waals surface area contributed by atoms with Gasteiger partial charge in [-0.25, -0.2) is 0 Å². The molecule has 5 rings (SSSR count). The Bertz CT molecular complexity index is 1140. The molecule has 0 saturated heterocycles. The lowest BCUT2D eigenvalue weighted by molar-refractivity contribution is 0.306. The van der Waals surface area contributed by atoms with Crippen LogP contribution in [0.3, 0.4) is 0 Å². The van der Waals surface area contributed by atoms with Crippen molar-refractivity contribution in [2.75, 3.05) is 5.32 Å². The molecule has 1 aliphatic carbocycles. The van der Waals surface area contributed by atoms with Gasteiger partial charge in [0.2, 0.25) is 0 Å². The van der Waals surface area contributed by atoms with E-state index in [0.717, 1.165) is 27.2 Å². The molecule has 0 radical (unpaired) electrons. The molecule has 0 aromatic heterocycles. The molecule has 2 aliphatic rings. The van der Waals surface area contributed by atoms with Gasteiger partial charge in [0.05, 0.1) is 11.7 Å². The first-order chi connectivity index (χ1) is 15.0. The number of hydrogen-bond donors (Lipinski definition) is 1. The second-order valence-corrected chi connectivity index (χ2v) is 9.84. The van der Waals surface area contributed by atoms with E-state index >= 15 is 0 Å². The first kappa shape index (κ1) is 20.7. The largest absolute Gasteiger partial charge is 0.489 e. The SMILES string of the molecule is Cc1cc(Br)c2c(c1C)[C@@H]1C=CC[C@@H]1[C@H](c1ccc(OCc3ccc(Cl)cc3)cc1)N2. The van der Waals surface area contributed by atoms with E-state index < -0.39 is 0 Å². The molecule has 4 heteroatoms. The van der Waals surface area contributed by atoms with Crippen LogP contribution in [0.4, 0.5) is 5.69 Å². The average molecular weight is 495 g/mol. The quantitative estimate of drug-likeness (QED) is 0.370. The van der Waals surface area contributed by atoms with Crippen molar-refractivity contribution in [1.82, 2.24) is 0 Å². The number of halogens is 2. The molecule has 0 amide bonds. The number of ether oxygens (including phenoxy) is 1. The molecule has 1 heterocycles. The molecule has 158 valence electrons. The lowest BCUT2D eigenvalue weighted by Gasteiger charge is -2.39. The summed E-state index contributed by atoms with van der Waals surface area (Å²) >= 11 is 9.77. The maximum Gasteiger partial charge on any atom is 0.119 e. The van der Waals surface area contributed by atoms with Crippen molar-refractivity contribution in [3.63, 3.8) is 0 Å². The highest BCUT2D eigenvalue weighted by Crippen LogP contribution is 2.53. The number of fused-ring (bicyclic) bond motifs is 3. The zero-order chi connectivity index (χ0) is 21.5. The fraction of sp³-hybridized carbons (Fsp3) is 0.259. The zero-order valence-electron chi connectivity index (χ0n) is 17.7. The Morgan fingerprint density at radius 2 is 1.81 bits per heavy atom. The van der Waals surface area contributed by atoms with Gasteiger partial charge >= 0.3 is 0 Å². The molecular weight excluding hydrogens is 470 g/mol. The maximum atomic E-state index is 5.98. The molecule has 31 heavy (non-hydrogen) atoms. The topological polar surface area (TPSA) is 21.3 Å². The highest BCUT2D eigenvalue weighted by atomic mass is 79.9. The van der Waals surface area contributed by atoms with Gasteiger partial charge in [0, 0.05) is 15.4 Å². The Kier molecular flexibility index (Phi) is 5.58. The molecule has 3 aromatic carbocycles. The van der Waals surface area contributed by atoms with Gasteiger partial charge in [-0.05, 0) is 100 Å². The molecule has 1 N–H and O–H groups in total. The van der Waals surface area contributed by atoms with Gasteiger partial charge in [-0.2, -0.15) is 0 Å². The van der Waals surface area contributed by atoms with Crippen LogP contribution >= 0.6 is 27.5 Å². The van der Waals surface area contributed by atoms with Crippen molar-refractivity contribution in [2.24, 2.45) is 5.92 Å². The van der Waals surface area contributed by atoms with Crippen LogP contribution < -0.4 is 10.1 Å². The predicted octanol–water partition coefficient (Wildman–Crippen LogP) is 8.12. The standard InChI is InChI=1S/C27H25BrClNO/c1-16-14-24(28)27-25(17(16)2)22-4-3-5-23(22)26(30-27)19-8-12-21(13-9-19)31-15-18-6-10-20(29)11-7-18/h3-4,6-14,22-23,26,30H,5,15H2,1-2H3/t22-,23+,26+/m1/s1. The van der Waals surface area contributed by atoms with Crippen molar-refractivity contribution in [2.45, 2.75) is 38.8 Å². The molecule has 0 unspecified atom stereocenters. The van der Waals surface area contributed by atoms with Gasteiger partial charge in [-0.3, -0.25) is 0 Å². The first-order valence-electron chi connectivity index (χ1n) is 10.7. The molecule has 3 atom stereocenters. The van der Waals surface area contributed by atoms with E-state index in [9.17, 15) is 0 Å². The summed E-state index contributed by atoms with van der Waals surface area (Å²) in [6.07, 6.45) is 5.85. The lowest BCUT2D eigenvalue weighted by atomic mass is 9.75. The second-order valence-electron chi connectivity index (χ2n) is 8.55. The summed E-state index contributed by atoms with van der Waals surface area (Å²) in [5.41, 5.74) is 7.83. The molecule has 2 nitrogen and oxygen atoms in total. The highest BCUT2D eigenvalue weighted by Gasteiger charge is 2.39. The van der Waals surface area contributed by atoms with Crippen molar-refractivity contribution in [1.29, 1.82) is 0 Å². The van der Waals surface area contributed by atoms with Crippen LogP contribution in [-0.2, 0) is 6.61 Å². The van der Waals surface area contributed by atoms with E-state index in [1.54, 1.807) is 0 Å². The zero-order valence-corrected chi connectivity index (χ0v) is 20.0. The van der Waals surface area contributed by atoms with Crippen LogP contribution in [0.5, 0.6) is 5.75 Å². The smallest absolute Gasteiger partial charge is 0.119 e. The van der Waals surface area contributed by atoms with E-state index in [2.05, 4.69) is 77.6 Å². The van der Waals surface area contributed by atoms with E-state index in [4.69, 9.17) is 16.3 Å². The van der Waals surface area contributed by atoms with Crippen LogP contribution in [0.2, 0.25) is 5.02 Å². The van der Waals surface area contributed by atoms with Crippen molar-refractivity contribution < 1.29 is 4.74 Å². The van der Waals surface area contributed by atoms with Crippen LogP contribution in [0.15, 0.2) is 71.2 Å². The van der Waals surface area contributed by atoms with Gasteiger partial charge < -0.3 is 10.1 Å². The third-order valence-electron chi connectivity index (χ3n) is 6.68. The molecule has 0 fully saturated rings. The summed E-state index contributed by atoms with van der Waals surface area (Å²) in [7, 11) is 0. The van der Waals surface area contributed by atoms with Crippen molar-refractivity contribution in [3.8, 4) is 5.75 Å². The first-order valence-corrected chi connectivity index (χ1v) is 11.9. The third-order valence-corrected chi connectivity index (χ3v) is 7.56. The molecule has 0 spiro atoms. The number of benzene rings is 3. The fourth-order valence-electron chi connectivity index (χ4n) is 4.90. The fourth-order valence-corrected chi connectivity index (χ4v) is 5.70. The summed E-state index contributed by atoms with van der Waals surface area (Å²) in [6, 6.07) is 18.8. The number of hydrogen-bond acceptors (Lipinski definition) is 2. The Hall–Kier alpha value is -2.23. The minimum absolute atomic E-state index is 0.274. The molecule has 1 aliphatic heterocycles. The minimum atomic E-state index is 0.274. The highest BCUT2D eigenvalue weighted by molar-refractivity contribution is 9.10. The summed E-state index contributed by atoms with van der Waals surface area (Å²) in [5, 5.41) is 4.61. The monoisotopic (exact) mass is 493 g/mol. The summed E-state index contributed by atoms with van der Waals surface area (Å²) in [6.45, 7) is 4.98. The van der Waals surface area contributed by atoms with Gasteiger partial charge in [0.15, 0.2) is 0 Å². The summed E-state index contributed by atoms with van der Waals surface area (Å²) in [4.78, 5) is 0. The van der Waals surface area contributed by atoms with Crippen LogP contribution in [0.25, 0.3) is 0 Å². The molecule has 0 saturated carbocycles. The summed E-state index contributed by atoms with van der Waals surface area (Å²) in [5.74, 6) is 1.86. The van der Waals surface area contributed by atoms with Gasteiger partial charge in [0.1, 0.15) is 12.4 Å². The third kappa shape index (κ3) is 3.90. The maximum absolute atomic E-state index is 5.98. The number of anilines is 1. The molecule has 3 aromatic rings. The summed E-state index contributed by atoms with van der Waals surface area (Å²) < 4.78 is 7.13. The van der Waals surface area contributed by atoms with Gasteiger partial charge in [0.25, 0.3) is 0 Å². The number of allylic oxidation sites excluding steroid dienone is 2. The molecule has 0 bridgehead atoms. The van der Waals surface area contributed by atoms with Crippen LogP contribution in [-0.4, -0.2) is 0 Å². The van der Waals surface area contributed by atoms with Gasteiger partial charge in [-0.15, -0.1) is 0 Å². The van der Waals surface area contributed by atoms with Gasteiger partial charge in [-0.1, -0.05) is 48.0 Å². The minimum Gasteiger partial charge on any atom is -0.489 e. The Labute approximate surface area is 197 Å². The van der Waals surface area contributed by atoms with Crippen molar-refractivity contribution in [3.05, 3.63) is 104 Å². The second kappa shape index (κ2) is 8.37. The number of aryl methyl sites for hydroxylation is 1. The van der Waals surface area contributed by atoms with Crippen LogP contribution in [0, 0.1) is 19.8 Å². The van der Waals surface area contributed by atoms with E-state index in [-0.39, 0.29) is 6.04 Å². The van der Waals surface area contributed by atoms with Crippen molar-refractivity contribution >= 4 is 33.2 Å². The Morgan fingerprint density at radius 1 is 1.06 bits per heavy atom. The number of rotatable bonds is 4. The average Bonchev–Trinajstić information content (AvgIpc) is 3.26. The lowest BCUT2D eigenvalue weighted by Crippen LogP contribution is -2.30. The van der Waals surface area contributed by atoms with E-state index in [0.29, 0.717) is 18.4 Å². The molecular formula is C27H25BrClNO. The Balaban J connectivity index is 1.38. The normalized spacial score (nSPS) is 21.4. The Morgan fingerprint density at radius 3 is 2.55 bits per heavy atom. The number of nitrogens with one attached hydrogen (secondary N) is 1. The predicted molar refractivity (Wildman–Crippen MR) is 132 cm³/mol. The van der Waals surface area contributed by atoms with Crippen LogP contribution in [0.1, 0.15) is 46.2 Å².